The summed E-state index contributed by atoms with van der Waals surface area (Å²) in [6, 6.07) is 7.60. The number of ether oxygens (including phenoxy) is 1. The van der Waals surface area contributed by atoms with E-state index in [1.807, 2.05) is 24.3 Å². The molecule has 2 fully saturated rings. The molecule has 0 radical (unpaired) electrons. The van der Waals surface area contributed by atoms with Gasteiger partial charge in [-0.15, -0.1) is 0 Å². The molecule has 0 spiro atoms. The fourth-order valence-electron chi connectivity index (χ4n) is 3.97. The van der Waals surface area contributed by atoms with E-state index in [-0.39, 0.29) is 12.0 Å². The smallest absolute Gasteiger partial charge is 0.475 e. The van der Waals surface area contributed by atoms with Crippen molar-refractivity contribution in [2.24, 2.45) is 11.8 Å². The Morgan fingerprint density at radius 1 is 1.05 bits per heavy atom. The van der Waals surface area contributed by atoms with Gasteiger partial charge in [-0.3, -0.25) is 14.7 Å². The molecule has 0 aromatic carbocycles. The van der Waals surface area contributed by atoms with Crippen LogP contribution in [0.3, 0.4) is 0 Å². The first-order valence-corrected chi connectivity index (χ1v) is 11.3. The zero-order valence-corrected chi connectivity index (χ0v) is 20.1. The van der Waals surface area contributed by atoms with Crippen molar-refractivity contribution in [1.82, 2.24) is 9.88 Å². The van der Waals surface area contributed by atoms with Gasteiger partial charge in [0.1, 0.15) is 5.76 Å². The number of carboxylic acid groups (broad SMARTS) is 2. The molecule has 3 atom stereocenters. The van der Waals surface area contributed by atoms with Crippen LogP contribution < -0.4 is 5.32 Å². The minimum absolute atomic E-state index is 0.00309. The number of alkyl halides is 6. The third-order valence-corrected chi connectivity index (χ3v) is 5.66. The molecule has 4 rings (SSSR count). The minimum atomic E-state index is -5.08. The topological polar surface area (TPSA) is 142 Å². The first kappa shape index (κ1) is 31.6. The standard InChI is InChI=1S/C19H23N3O3.2C2HF3O2/c23-19(21-15-3-1-6-20-10-15)9-18-17-5-7-22(11-14(17)13-25-18)12-16-4-2-8-24-16;2*3-2(4,5)1(6)7/h1-4,6,8,10,14,17-18H,5,7,9,11-13H2,(H,21,23);2*(H,6,7)/t14-,17-,18-;;/m1../s1. The lowest BCUT2D eigenvalue weighted by Crippen LogP contribution is -2.41. The number of hydrogen-bond donors (Lipinski definition) is 3. The Morgan fingerprint density at radius 2 is 1.69 bits per heavy atom. The monoisotopic (exact) mass is 569 g/mol. The molecule has 2 aromatic heterocycles. The number of nitrogens with one attached hydrogen (secondary N) is 1. The Hall–Kier alpha value is -3.66. The number of piperidine rings is 1. The Balaban J connectivity index is 0.000000317. The molecule has 2 aliphatic rings. The summed E-state index contributed by atoms with van der Waals surface area (Å²) in [6.45, 7) is 3.62. The molecule has 4 heterocycles. The van der Waals surface area contributed by atoms with Crippen molar-refractivity contribution in [1.29, 1.82) is 0 Å². The van der Waals surface area contributed by atoms with Gasteiger partial charge >= 0.3 is 24.3 Å². The zero-order valence-electron chi connectivity index (χ0n) is 20.1. The SMILES string of the molecule is O=C(C[C@H]1OC[C@H]2CN(Cc3ccco3)CC[C@H]21)Nc1cccnc1.O=C(O)C(F)(F)F.O=C(O)C(F)(F)F. The maximum Gasteiger partial charge on any atom is 0.490 e. The van der Waals surface area contributed by atoms with Crippen molar-refractivity contribution >= 4 is 23.5 Å². The van der Waals surface area contributed by atoms with Crippen LogP contribution in [-0.4, -0.2) is 76.1 Å². The fraction of sp³-hybridized carbons (Fsp3) is 0.478. The molecule has 2 aliphatic heterocycles. The third-order valence-electron chi connectivity index (χ3n) is 5.66. The Labute approximate surface area is 217 Å². The average molecular weight is 569 g/mol. The van der Waals surface area contributed by atoms with Crippen molar-refractivity contribution in [3.63, 3.8) is 0 Å². The molecule has 16 heteroatoms. The number of likely N-dealkylation sites (tertiary alicyclic amines) is 1. The normalized spacial score (nSPS) is 20.9. The number of fused-ring (bicyclic) bond motifs is 1. The van der Waals surface area contributed by atoms with Crippen LogP contribution in [0.15, 0.2) is 47.3 Å². The third kappa shape index (κ3) is 10.9. The van der Waals surface area contributed by atoms with E-state index in [1.54, 1.807) is 18.7 Å². The van der Waals surface area contributed by atoms with E-state index in [0.29, 0.717) is 18.3 Å². The van der Waals surface area contributed by atoms with E-state index in [0.717, 1.165) is 44.1 Å². The number of carbonyl (C=O) groups excluding carboxylic acids is 1. The summed E-state index contributed by atoms with van der Waals surface area (Å²) < 4.78 is 74.9. The van der Waals surface area contributed by atoms with Gasteiger partial charge < -0.3 is 24.7 Å². The van der Waals surface area contributed by atoms with Gasteiger partial charge in [0.05, 0.1) is 43.8 Å². The summed E-state index contributed by atoms with van der Waals surface area (Å²) in [5.41, 5.74) is 0.732. The van der Waals surface area contributed by atoms with E-state index < -0.39 is 24.3 Å². The van der Waals surface area contributed by atoms with Crippen LogP contribution in [0.5, 0.6) is 0 Å². The average Bonchev–Trinajstić information content (AvgIpc) is 3.49. The predicted molar refractivity (Wildman–Crippen MR) is 120 cm³/mol. The molecule has 2 aromatic rings. The van der Waals surface area contributed by atoms with Crippen molar-refractivity contribution in [2.45, 2.75) is 37.8 Å². The minimum Gasteiger partial charge on any atom is -0.475 e. The number of pyridine rings is 1. The van der Waals surface area contributed by atoms with Crippen molar-refractivity contribution in [3.8, 4) is 0 Å². The van der Waals surface area contributed by atoms with Crippen LogP contribution in [-0.2, 0) is 25.7 Å². The summed E-state index contributed by atoms with van der Waals surface area (Å²) in [4.78, 5) is 36.5. The van der Waals surface area contributed by atoms with E-state index in [4.69, 9.17) is 29.0 Å². The second kappa shape index (κ2) is 13.9. The quantitative estimate of drug-likeness (QED) is 0.459. The van der Waals surface area contributed by atoms with Crippen LogP contribution in [0.2, 0.25) is 0 Å². The molecular weight excluding hydrogens is 544 g/mol. The second-order valence-corrected chi connectivity index (χ2v) is 8.50. The Bertz CT molecular complexity index is 1040. The Morgan fingerprint density at radius 3 is 2.21 bits per heavy atom. The van der Waals surface area contributed by atoms with Gasteiger partial charge in [0.2, 0.25) is 5.91 Å². The number of halogens is 6. The number of carbonyl (C=O) groups is 3. The van der Waals surface area contributed by atoms with E-state index >= 15 is 0 Å². The van der Waals surface area contributed by atoms with Crippen molar-refractivity contribution < 1.29 is 60.1 Å². The van der Waals surface area contributed by atoms with Gasteiger partial charge in [0.15, 0.2) is 0 Å². The molecule has 39 heavy (non-hydrogen) atoms. The number of hydrogen-bond acceptors (Lipinski definition) is 7. The lowest BCUT2D eigenvalue weighted by Gasteiger charge is -2.35. The lowest BCUT2D eigenvalue weighted by atomic mass is 9.83. The fourth-order valence-corrected chi connectivity index (χ4v) is 3.97. The summed E-state index contributed by atoms with van der Waals surface area (Å²) in [7, 11) is 0. The van der Waals surface area contributed by atoms with Crippen LogP contribution >= 0.6 is 0 Å². The van der Waals surface area contributed by atoms with E-state index in [2.05, 4.69) is 15.2 Å². The lowest BCUT2D eigenvalue weighted by molar-refractivity contribution is -0.193. The van der Waals surface area contributed by atoms with Gasteiger partial charge in [-0.05, 0) is 43.1 Å². The van der Waals surface area contributed by atoms with Crippen LogP contribution in [0.4, 0.5) is 32.0 Å². The number of nitrogens with zero attached hydrogens (tertiary/aromatic N) is 2. The van der Waals surface area contributed by atoms with Crippen LogP contribution in [0.1, 0.15) is 18.6 Å². The predicted octanol–water partition coefficient (Wildman–Crippen LogP) is 3.81. The summed E-state index contributed by atoms with van der Waals surface area (Å²) in [5, 5.41) is 17.1. The number of furan rings is 1. The number of carboxylic acids is 2. The highest BCUT2D eigenvalue weighted by molar-refractivity contribution is 5.90. The number of aliphatic carboxylic acids is 2. The van der Waals surface area contributed by atoms with Gasteiger partial charge in [-0.2, -0.15) is 26.3 Å². The van der Waals surface area contributed by atoms with Gasteiger partial charge in [0.25, 0.3) is 0 Å². The van der Waals surface area contributed by atoms with E-state index in [1.165, 1.54) is 0 Å². The number of amides is 1. The maximum absolute atomic E-state index is 12.3. The van der Waals surface area contributed by atoms with Crippen molar-refractivity contribution in [3.05, 3.63) is 48.7 Å². The molecule has 1 amide bonds. The molecule has 3 N–H and O–H groups in total. The molecule has 2 saturated heterocycles. The first-order chi connectivity index (χ1) is 18.2. The molecule has 216 valence electrons. The second-order valence-electron chi connectivity index (χ2n) is 8.50. The van der Waals surface area contributed by atoms with E-state index in [9.17, 15) is 31.1 Å². The van der Waals surface area contributed by atoms with Gasteiger partial charge in [-0.1, -0.05) is 0 Å². The number of aromatic nitrogens is 1. The molecule has 0 saturated carbocycles. The maximum atomic E-state index is 12.3. The van der Waals surface area contributed by atoms with Gasteiger partial charge in [-0.25, -0.2) is 9.59 Å². The number of rotatable bonds is 5. The van der Waals surface area contributed by atoms with Crippen molar-refractivity contribution in [2.75, 3.05) is 25.0 Å². The molecule has 0 bridgehead atoms. The molecular formula is C23H25F6N3O7. The first-order valence-electron chi connectivity index (χ1n) is 11.3. The number of anilines is 1. The largest absolute Gasteiger partial charge is 0.490 e. The highest BCUT2D eigenvalue weighted by atomic mass is 19.4. The molecule has 0 aliphatic carbocycles. The van der Waals surface area contributed by atoms with Gasteiger partial charge in [0, 0.05) is 18.7 Å². The Kier molecular flexibility index (Phi) is 11.3. The zero-order chi connectivity index (χ0) is 29.2. The van der Waals surface area contributed by atoms with Crippen LogP contribution in [0, 0.1) is 11.8 Å². The van der Waals surface area contributed by atoms with Crippen LogP contribution in [0.25, 0.3) is 0 Å². The molecule has 0 unspecified atom stereocenters. The highest BCUT2D eigenvalue weighted by Crippen LogP contribution is 2.36. The summed E-state index contributed by atoms with van der Waals surface area (Å²) in [5.74, 6) is -3.55. The summed E-state index contributed by atoms with van der Waals surface area (Å²) in [6.07, 6.45) is -3.60. The summed E-state index contributed by atoms with van der Waals surface area (Å²) >= 11 is 0. The molecule has 10 nitrogen and oxygen atoms in total. The highest BCUT2D eigenvalue weighted by Gasteiger charge is 2.41.